The number of rotatable bonds is 5. The molecule has 0 radical (unpaired) electrons. The minimum absolute atomic E-state index is 0.143. The maximum Gasteiger partial charge on any atom is 0.331 e. The number of nitrogens with zero attached hydrogens (tertiary/aromatic N) is 3. The lowest BCUT2D eigenvalue weighted by Crippen LogP contribution is -2.47. The molecule has 1 aromatic heterocycles. The summed E-state index contributed by atoms with van der Waals surface area (Å²) in [6.07, 6.45) is 0.728. The highest BCUT2D eigenvalue weighted by Gasteiger charge is 2.25. The average Bonchev–Trinajstić information content (AvgIpc) is 2.74. The molecular weight excluding hydrogens is 362 g/mol. The van der Waals surface area contributed by atoms with Crippen LogP contribution in [0, 0.1) is 6.92 Å². The van der Waals surface area contributed by atoms with Crippen molar-refractivity contribution in [3.63, 3.8) is 0 Å². The Hall–Kier alpha value is -2.92. The molecule has 0 saturated heterocycles. The van der Waals surface area contributed by atoms with Crippen LogP contribution in [-0.2, 0) is 32.6 Å². The second kappa shape index (κ2) is 8.21. The summed E-state index contributed by atoms with van der Waals surface area (Å²) in [4.78, 5) is 28.7. The first-order valence-electron chi connectivity index (χ1n) is 10.2. The van der Waals surface area contributed by atoms with Gasteiger partial charge in [0.25, 0.3) is 5.56 Å². The van der Waals surface area contributed by atoms with E-state index in [2.05, 4.69) is 17.0 Å². The molecule has 3 aromatic rings. The molecule has 150 valence electrons. The van der Waals surface area contributed by atoms with Crippen molar-refractivity contribution in [1.29, 1.82) is 0 Å². The molecule has 0 aliphatic carbocycles. The molecule has 2 heterocycles. The van der Waals surface area contributed by atoms with Gasteiger partial charge in [0.1, 0.15) is 0 Å². The topological polar surface area (TPSA) is 47.2 Å². The number of aryl methyl sites for hydroxylation is 1. The Bertz CT molecular complexity index is 1130. The summed E-state index contributed by atoms with van der Waals surface area (Å²) in [5, 5.41) is 0. The van der Waals surface area contributed by atoms with Gasteiger partial charge in [-0.2, -0.15) is 0 Å². The van der Waals surface area contributed by atoms with Crippen LogP contribution in [0.5, 0.6) is 0 Å². The van der Waals surface area contributed by atoms with E-state index in [0.717, 1.165) is 41.9 Å². The van der Waals surface area contributed by atoms with Crippen LogP contribution in [0.1, 0.15) is 34.9 Å². The van der Waals surface area contributed by atoms with Crippen LogP contribution in [0.3, 0.4) is 0 Å². The molecule has 0 fully saturated rings. The van der Waals surface area contributed by atoms with E-state index in [1.165, 1.54) is 10.1 Å². The summed E-state index contributed by atoms with van der Waals surface area (Å²) in [7, 11) is 0. The number of hydrogen-bond acceptors (Lipinski definition) is 3. The van der Waals surface area contributed by atoms with Crippen molar-refractivity contribution in [3.8, 4) is 0 Å². The third-order valence-corrected chi connectivity index (χ3v) is 5.84. The number of benzene rings is 2. The van der Waals surface area contributed by atoms with Crippen molar-refractivity contribution in [2.45, 2.75) is 46.4 Å². The molecule has 0 bridgehead atoms. The molecule has 1 aliphatic rings. The Balaban J connectivity index is 1.72. The molecule has 0 saturated carbocycles. The van der Waals surface area contributed by atoms with Gasteiger partial charge in [-0.1, -0.05) is 54.6 Å². The lowest BCUT2D eigenvalue weighted by molar-refractivity contribution is 0.236. The predicted octanol–water partition coefficient (Wildman–Crippen LogP) is 2.94. The van der Waals surface area contributed by atoms with Crippen molar-refractivity contribution < 1.29 is 0 Å². The van der Waals surface area contributed by atoms with Gasteiger partial charge in [0, 0.05) is 38.3 Å². The maximum atomic E-state index is 13.3. The zero-order valence-electron chi connectivity index (χ0n) is 17.1. The van der Waals surface area contributed by atoms with Gasteiger partial charge in [-0.3, -0.25) is 18.8 Å². The number of hydrogen-bond donors (Lipinski definition) is 0. The van der Waals surface area contributed by atoms with Crippen LogP contribution in [-0.4, -0.2) is 20.6 Å². The number of fused-ring (bicyclic) bond motifs is 1. The standard InChI is InChI=1S/C24H27N3O2/c1-3-26-22-13-14-25(15-19-10-5-4-6-11-19)17-21(22)23(28)27(24(26)29)16-20-12-8-7-9-18(20)2/h4-12H,3,13-17H2,1-2H3. The highest BCUT2D eigenvalue weighted by atomic mass is 16.2. The largest absolute Gasteiger partial charge is 0.331 e. The summed E-state index contributed by atoms with van der Waals surface area (Å²) in [5.74, 6) is 0. The van der Waals surface area contributed by atoms with Crippen LogP contribution in [0.15, 0.2) is 64.2 Å². The molecule has 0 N–H and O–H groups in total. The molecule has 2 aromatic carbocycles. The lowest BCUT2D eigenvalue weighted by Gasteiger charge is -2.30. The quantitative estimate of drug-likeness (QED) is 0.674. The molecule has 5 heteroatoms. The molecule has 1 aliphatic heterocycles. The third-order valence-electron chi connectivity index (χ3n) is 5.84. The van der Waals surface area contributed by atoms with Crippen LogP contribution >= 0.6 is 0 Å². The minimum atomic E-state index is -0.198. The monoisotopic (exact) mass is 389 g/mol. The first kappa shape index (κ1) is 19.4. The van der Waals surface area contributed by atoms with Gasteiger partial charge in [0.05, 0.1) is 12.1 Å². The van der Waals surface area contributed by atoms with Gasteiger partial charge >= 0.3 is 5.69 Å². The molecule has 4 rings (SSSR count). The van der Waals surface area contributed by atoms with E-state index in [1.807, 2.05) is 56.3 Å². The Labute approximate surface area is 170 Å². The van der Waals surface area contributed by atoms with E-state index < -0.39 is 0 Å². The first-order chi connectivity index (χ1) is 14.1. The van der Waals surface area contributed by atoms with E-state index in [4.69, 9.17) is 0 Å². The minimum Gasteiger partial charge on any atom is -0.297 e. The van der Waals surface area contributed by atoms with Gasteiger partial charge in [0.2, 0.25) is 0 Å². The second-order valence-electron chi connectivity index (χ2n) is 7.72. The Morgan fingerprint density at radius 1 is 0.897 bits per heavy atom. The van der Waals surface area contributed by atoms with Gasteiger partial charge < -0.3 is 0 Å². The van der Waals surface area contributed by atoms with Crippen LogP contribution in [0.4, 0.5) is 0 Å². The summed E-state index contributed by atoms with van der Waals surface area (Å²) in [5.41, 5.74) is 4.67. The molecule has 29 heavy (non-hydrogen) atoms. The third kappa shape index (κ3) is 3.83. The van der Waals surface area contributed by atoms with Crippen LogP contribution in [0.2, 0.25) is 0 Å². The lowest BCUT2D eigenvalue weighted by atomic mass is 10.0. The SMILES string of the molecule is CCn1c2c(c(=O)n(Cc3ccccc3C)c1=O)CN(Cc1ccccc1)CC2. The fourth-order valence-electron chi connectivity index (χ4n) is 4.21. The van der Waals surface area contributed by atoms with E-state index in [0.29, 0.717) is 19.6 Å². The van der Waals surface area contributed by atoms with Crippen LogP contribution < -0.4 is 11.2 Å². The van der Waals surface area contributed by atoms with E-state index >= 15 is 0 Å². The van der Waals surface area contributed by atoms with E-state index in [9.17, 15) is 9.59 Å². The molecular formula is C24H27N3O2. The van der Waals surface area contributed by atoms with E-state index in [1.54, 1.807) is 4.57 Å². The highest BCUT2D eigenvalue weighted by Crippen LogP contribution is 2.18. The van der Waals surface area contributed by atoms with Gasteiger partial charge in [-0.25, -0.2) is 4.79 Å². The van der Waals surface area contributed by atoms with Gasteiger partial charge in [0.15, 0.2) is 0 Å². The second-order valence-corrected chi connectivity index (χ2v) is 7.72. The number of aromatic nitrogens is 2. The van der Waals surface area contributed by atoms with Crippen molar-refractivity contribution in [2.75, 3.05) is 6.54 Å². The average molecular weight is 389 g/mol. The molecule has 0 unspecified atom stereocenters. The van der Waals surface area contributed by atoms with Crippen molar-refractivity contribution in [1.82, 2.24) is 14.0 Å². The first-order valence-corrected chi connectivity index (χ1v) is 10.2. The normalized spacial score (nSPS) is 14.0. The fourth-order valence-corrected chi connectivity index (χ4v) is 4.21. The zero-order chi connectivity index (χ0) is 20.4. The fraction of sp³-hybridized carbons (Fsp3) is 0.333. The van der Waals surface area contributed by atoms with Crippen LogP contribution in [0.25, 0.3) is 0 Å². The maximum absolute atomic E-state index is 13.3. The summed E-state index contributed by atoms with van der Waals surface area (Å²) in [6, 6.07) is 18.2. The Morgan fingerprint density at radius 2 is 1.62 bits per heavy atom. The summed E-state index contributed by atoms with van der Waals surface area (Å²) in [6.45, 7) is 7.12. The Morgan fingerprint density at radius 3 is 2.34 bits per heavy atom. The molecule has 5 nitrogen and oxygen atoms in total. The Kier molecular flexibility index (Phi) is 5.49. The molecule has 0 amide bonds. The smallest absolute Gasteiger partial charge is 0.297 e. The van der Waals surface area contributed by atoms with Gasteiger partial charge in [-0.15, -0.1) is 0 Å². The molecule has 0 atom stereocenters. The van der Waals surface area contributed by atoms with Gasteiger partial charge in [-0.05, 0) is 30.5 Å². The summed E-state index contributed by atoms with van der Waals surface area (Å²) >= 11 is 0. The predicted molar refractivity (Wildman–Crippen MR) is 115 cm³/mol. The van der Waals surface area contributed by atoms with Crippen molar-refractivity contribution in [2.24, 2.45) is 0 Å². The zero-order valence-corrected chi connectivity index (χ0v) is 17.1. The highest BCUT2D eigenvalue weighted by molar-refractivity contribution is 5.27. The summed E-state index contributed by atoms with van der Waals surface area (Å²) < 4.78 is 3.20. The molecule has 0 spiro atoms. The van der Waals surface area contributed by atoms with Crippen molar-refractivity contribution in [3.05, 3.63) is 103 Å². The van der Waals surface area contributed by atoms with Crippen molar-refractivity contribution >= 4 is 0 Å². The van der Waals surface area contributed by atoms with E-state index in [-0.39, 0.29) is 11.2 Å².